The fraction of sp³-hybridized carbons (Fsp3) is 0.467. The Bertz CT molecular complexity index is 623. The summed E-state index contributed by atoms with van der Waals surface area (Å²) in [6.07, 6.45) is -2.54. The van der Waals surface area contributed by atoms with Crippen LogP contribution >= 0.6 is 24.8 Å². The second-order valence-corrected chi connectivity index (χ2v) is 5.68. The smallest absolute Gasteiger partial charge is 0.406 e. The maximum Gasteiger partial charge on any atom is 0.573 e. The van der Waals surface area contributed by atoms with Gasteiger partial charge in [0, 0.05) is 13.1 Å². The highest BCUT2D eigenvalue weighted by Crippen LogP contribution is 2.24. The SMILES string of the molecule is CC1CCCN(/C(N)=N/C(N)=Nc2ccc(OC(F)(F)F)cc2)C1.Cl.Cl. The zero-order chi connectivity index (χ0) is 17.7. The van der Waals surface area contributed by atoms with E-state index in [-0.39, 0.29) is 36.5 Å². The van der Waals surface area contributed by atoms with Crippen molar-refractivity contribution >= 4 is 42.4 Å². The van der Waals surface area contributed by atoms with Gasteiger partial charge < -0.3 is 21.1 Å². The summed E-state index contributed by atoms with van der Waals surface area (Å²) in [6, 6.07) is 5.00. The Balaban J connectivity index is 0.00000312. The number of ether oxygens (including phenoxy) is 1. The molecule has 4 N–H and O–H groups in total. The first-order valence-electron chi connectivity index (χ1n) is 7.52. The van der Waals surface area contributed by atoms with E-state index < -0.39 is 6.36 Å². The zero-order valence-electron chi connectivity index (χ0n) is 14.1. The number of nitrogens with zero attached hydrogens (tertiary/aromatic N) is 3. The van der Waals surface area contributed by atoms with Crippen molar-refractivity contribution in [3.8, 4) is 5.75 Å². The molecule has 1 aromatic rings. The first kappa shape index (κ1) is 24.1. The lowest BCUT2D eigenvalue weighted by molar-refractivity contribution is -0.274. The van der Waals surface area contributed by atoms with Crippen molar-refractivity contribution in [2.24, 2.45) is 27.4 Å². The van der Waals surface area contributed by atoms with Gasteiger partial charge in [0.1, 0.15) is 5.75 Å². The molecule has 1 heterocycles. The Hall–Kier alpha value is -1.87. The van der Waals surface area contributed by atoms with Crippen LogP contribution in [-0.2, 0) is 0 Å². The third kappa shape index (κ3) is 8.01. The maximum absolute atomic E-state index is 12.1. The largest absolute Gasteiger partial charge is 0.573 e. The molecule has 11 heteroatoms. The number of hydrogen-bond donors (Lipinski definition) is 2. The van der Waals surface area contributed by atoms with Gasteiger partial charge in [-0.3, -0.25) is 0 Å². The Labute approximate surface area is 162 Å². The van der Waals surface area contributed by atoms with Gasteiger partial charge >= 0.3 is 6.36 Å². The molecule has 148 valence electrons. The molecule has 0 saturated carbocycles. The monoisotopic (exact) mass is 415 g/mol. The Kier molecular flexibility index (Phi) is 9.58. The number of rotatable bonds is 2. The van der Waals surface area contributed by atoms with E-state index in [0.29, 0.717) is 17.6 Å². The highest BCUT2D eigenvalue weighted by atomic mass is 35.5. The zero-order valence-corrected chi connectivity index (χ0v) is 15.7. The van der Waals surface area contributed by atoms with E-state index in [1.165, 1.54) is 12.1 Å². The number of halogens is 5. The molecule has 0 radical (unpaired) electrons. The van der Waals surface area contributed by atoms with E-state index in [9.17, 15) is 13.2 Å². The minimum Gasteiger partial charge on any atom is -0.406 e. The number of aliphatic imine (C=N–C) groups is 2. The maximum atomic E-state index is 12.1. The fourth-order valence-corrected chi connectivity index (χ4v) is 2.47. The number of benzene rings is 1. The molecule has 1 saturated heterocycles. The average Bonchev–Trinajstić information content (AvgIpc) is 2.47. The van der Waals surface area contributed by atoms with Gasteiger partial charge in [0.15, 0.2) is 5.96 Å². The van der Waals surface area contributed by atoms with Gasteiger partial charge in [0.2, 0.25) is 5.96 Å². The third-order valence-electron chi connectivity index (χ3n) is 3.52. The van der Waals surface area contributed by atoms with Gasteiger partial charge in [0.25, 0.3) is 0 Å². The minimum absolute atomic E-state index is 0. The first-order chi connectivity index (χ1) is 11.2. The summed E-state index contributed by atoms with van der Waals surface area (Å²) in [6.45, 7) is 3.77. The molecule has 1 aliphatic rings. The minimum atomic E-state index is -4.73. The highest BCUT2D eigenvalue weighted by Gasteiger charge is 2.30. The average molecular weight is 416 g/mol. The van der Waals surface area contributed by atoms with Crippen LogP contribution in [0.3, 0.4) is 0 Å². The molecule has 1 aliphatic heterocycles. The van der Waals surface area contributed by atoms with Gasteiger partial charge in [-0.25, -0.2) is 4.99 Å². The number of hydrogen-bond acceptors (Lipinski definition) is 2. The molecule has 0 bridgehead atoms. The second kappa shape index (κ2) is 10.3. The highest BCUT2D eigenvalue weighted by molar-refractivity contribution is 5.94. The molecule has 1 atom stereocenters. The molecule has 26 heavy (non-hydrogen) atoms. The standard InChI is InChI=1S/C15H20F3N5O.2ClH/c1-10-3-2-8-23(9-10)14(20)22-13(19)21-11-4-6-12(7-5-11)24-15(16,17)18;;/h4-7,10H,2-3,8-9H2,1H3,(H4,19,20,21,22);2*1H. The van der Waals surface area contributed by atoms with Crippen LogP contribution in [0.2, 0.25) is 0 Å². The van der Waals surface area contributed by atoms with E-state index in [4.69, 9.17) is 11.5 Å². The first-order valence-corrected chi connectivity index (χ1v) is 7.52. The van der Waals surface area contributed by atoms with Crippen molar-refractivity contribution in [3.05, 3.63) is 24.3 Å². The van der Waals surface area contributed by atoms with Gasteiger partial charge in [0.05, 0.1) is 5.69 Å². The quantitative estimate of drug-likeness (QED) is 0.571. The molecular weight excluding hydrogens is 394 g/mol. The van der Waals surface area contributed by atoms with E-state index >= 15 is 0 Å². The van der Waals surface area contributed by atoms with Crippen LogP contribution < -0.4 is 16.2 Å². The van der Waals surface area contributed by atoms with Gasteiger partial charge in [-0.05, 0) is 43.0 Å². The summed E-state index contributed by atoms with van der Waals surface area (Å²) in [5.74, 6) is 0.437. The van der Waals surface area contributed by atoms with Crippen LogP contribution in [0, 0.1) is 5.92 Å². The summed E-state index contributed by atoms with van der Waals surface area (Å²) in [5, 5.41) is 0. The van der Waals surface area contributed by atoms with E-state index in [2.05, 4.69) is 21.6 Å². The molecule has 1 unspecified atom stereocenters. The van der Waals surface area contributed by atoms with Crippen LogP contribution in [0.25, 0.3) is 0 Å². The van der Waals surface area contributed by atoms with Crippen LogP contribution in [0.1, 0.15) is 19.8 Å². The van der Waals surface area contributed by atoms with Crippen molar-refractivity contribution < 1.29 is 17.9 Å². The van der Waals surface area contributed by atoms with Crippen LogP contribution in [0.15, 0.2) is 34.3 Å². The molecule has 0 aliphatic carbocycles. The van der Waals surface area contributed by atoms with Crippen LogP contribution in [-0.4, -0.2) is 36.3 Å². The van der Waals surface area contributed by atoms with Crippen molar-refractivity contribution in [1.29, 1.82) is 0 Å². The summed E-state index contributed by atoms with van der Waals surface area (Å²) in [7, 11) is 0. The second-order valence-electron chi connectivity index (χ2n) is 5.68. The summed E-state index contributed by atoms with van der Waals surface area (Å²) >= 11 is 0. The van der Waals surface area contributed by atoms with Crippen molar-refractivity contribution in [3.63, 3.8) is 0 Å². The number of guanidine groups is 2. The molecule has 1 aromatic carbocycles. The summed E-state index contributed by atoms with van der Waals surface area (Å²) in [5.41, 5.74) is 12.0. The molecule has 0 aromatic heterocycles. The third-order valence-corrected chi connectivity index (χ3v) is 3.52. The molecule has 2 rings (SSSR count). The Morgan fingerprint density at radius 3 is 2.35 bits per heavy atom. The topological polar surface area (TPSA) is 89.2 Å². The number of alkyl halides is 3. The number of piperidine rings is 1. The van der Waals surface area contributed by atoms with E-state index in [0.717, 1.165) is 38.1 Å². The normalized spacial score (nSPS) is 18.6. The molecule has 6 nitrogen and oxygen atoms in total. The van der Waals surface area contributed by atoms with Gasteiger partial charge in [-0.2, -0.15) is 4.99 Å². The van der Waals surface area contributed by atoms with Crippen LogP contribution in [0.5, 0.6) is 5.75 Å². The Morgan fingerprint density at radius 2 is 1.81 bits per heavy atom. The van der Waals surface area contributed by atoms with Crippen molar-refractivity contribution in [2.75, 3.05) is 13.1 Å². The lowest BCUT2D eigenvalue weighted by Gasteiger charge is -2.31. The summed E-state index contributed by atoms with van der Waals surface area (Å²) in [4.78, 5) is 10.0. The Morgan fingerprint density at radius 1 is 1.19 bits per heavy atom. The lowest BCUT2D eigenvalue weighted by atomic mass is 10.0. The van der Waals surface area contributed by atoms with Gasteiger partial charge in [-0.1, -0.05) is 6.92 Å². The van der Waals surface area contributed by atoms with Crippen molar-refractivity contribution in [1.82, 2.24) is 4.90 Å². The van der Waals surface area contributed by atoms with Crippen molar-refractivity contribution in [2.45, 2.75) is 26.1 Å². The predicted octanol–water partition coefficient (Wildman–Crippen LogP) is 3.42. The summed E-state index contributed by atoms with van der Waals surface area (Å²) < 4.78 is 40.1. The molecule has 0 spiro atoms. The molecule has 1 fully saturated rings. The van der Waals surface area contributed by atoms with Gasteiger partial charge in [-0.15, -0.1) is 38.0 Å². The number of nitrogens with two attached hydrogens (primary N) is 2. The van der Waals surface area contributed by atoms with E-state index in [1.54, 1.807) is 0 Å². The predicted molar refractivity (Wildman–Crippen MR) is 100 cm³/mol. The molecule has 0 amide bonds. The number of likely N-dealkylation sites (tertiary alicyclic amines) is 1. The molecular formula is C15H22Cl2F3N5O. The lowest BCUT2D eigenvalue weighted by Crippen LogP contribution is -2.44. The van der Waals surface area contributed by atoms with Crippen LogP contribution in [0.4, 0.5) is 18.9 Å². The van der Waals surface area contributed by atoms with E-state index in [1.807, 2.05) is 4.90 Å². The fourth-order valence-electron chi connectivity index (χ4n) is 2.47.